The molecule has 0 aromatic rings. The van der Waals surface area contributed by atoms with Crippen molar-refractivity contribution < 1.29 is 28.2 Å². The van der Waals surface area contributed by atoms with Gasteiger partial charge in [-0.05, 0) is 93.8 Å². The molecule has 0 amide bonds. The number of carbonyl (C=O) groups is 2. The number of allylic oxidation sites excluding steroid dienone is 3. The van der Waals surface area contributed by atoms with Crippen molar-refractivity contribution in [1.82, 2.24) is 0 Å². The first-order valence-electron chi connectivity index (χ1n) is 16.5. The fourth-order valence-electron chi connectivity index (χ4n) is 5.34. The second kappa shape index (κ2) is 19.3. The van der Waals surface area contributed by atoms with Gasteiger partial charge in [-0.2, -0.15) is 0 Å². The maximum Gasteiger partial charge on any atom is 0.306 e. The van der Waals surface area contributed by atoms with Crippen LogP contribution in [0, 0.1) is 17.8 Å². The Bertz CT molecular complexity index is 904. The average molecular weight is 639 g/mol. The van der Waals surface area contributed by atoms with E-state index in [4.69, 9.17) is 30.2 Å². The summed E-state index contributed by atoms with van der Waals surface area (Å²) in [6.07, 6.45) is 18.3. The lowest BCUT2D eigenvalue weighted by molar-refractivity contribution is -0.192. The van der Waals surface area contributed by atoms with Crippen LogP contribution in [0.3, 0.4) is 0 Å². The lowest BCUT2D eigenvalue weighted by atomic mass is 9.90. The molecule has 1 unspecified atom stereocenters. The van der Waals surface area contributed by atoms with Crippen LogP contribution in [0.15, 0.2) is 37.0 Å². The minimum atomic E-state index is -1.75. The number of halogens is 1. The molecule has 246 valence electrons. The van der Waals surface area contributed by atoms with Gasteiger partial charge >= 0.3 is 5.97 Å². The van der Waals surface area contributed by atoms with Crippen LogP contribution in [-0.2, 0) is 28.2 Å². The van der Waals surface area contributed by atoms with Gasteiger partial charge in [0.25, 0.3) is 0 Å². The fraction of sp³-hybridized carbons (Fsp3) is 0.771. The molecular weight excluding hydrogens is 580 g/mol. The van der Waals surface area contributed by atoms with Crippen molar-refractivity contribution in [3.05, 3.63) is 37.0 Å². The summed E-state index contributed by atoms with van der Waals surface area (Å²) in [5.74, 6) is 0.604. The van der Waals surface area contributed by atoms with E-state index in [2.05, 4.69) is 65.6 Å². The Morgan fingerprint density at radius 3 is 2.58 bits per heavy atom. The van der Waals surface area contributed by atoms with E-state index in [1.807, 2.05) is 0 Å². The molecule has 0 N–H and O–H groups in total. The lowest BCUT2D eigenvalue weighted by Crippen LogP contribution is -2.41. The summed E-state index contributed by atoms with van der Waals surface area (Å²) in [7, 11) is -1.75. The number of esters is 1. The summed E-state index contributed by atoms with van der Waals surface area (Å²) in [6.45, 7) is 18.9. The monoisotopic (exact) mass is 638 g/mol. The first kappa shape index (κ1) is 37.9. The van der Waals surface area contributed by atoms with E-state index < -0.39 is 8.32 Å². The fourth-order valence-corrected chi connectivity index (χ4v) is 6.92. The van der Waals surface area contributed by atoms with Crippen molar-refractivity contribution in [1.29, 1.82) is 0 Å². The zero-order valence-corrected chi connectivity index (χ0v) is 29.5. The summed E-state index contributed by atoms with van der Waals surface area (Å²) in [5.41, 5.74) is 0. The SMILES string of the molecule is C=CCOC(=O)CCC/C=C\C[C@@H]1[C@@H](/C=C/C(=O)CCC[C@@H](C)CO[Si](C)(C)C(C)(C)C)[C@H](OC2CCCCO2)C[C@H]1Cl. The molecule has 1 aliphatic heterocycles. The molecule has 0 radical (unpaired) electrons. The molecule has 0 spiro atoms. The largest absolute Gasteiger partial charge is 0.461 e. The molecule has 6 nitrogen and oxygen atoms in total. The molecule has 0 aromatic carbocycles. The molecule has 1 aliphatic carbocycles. The lowest BCUT2D eigenvalue weighted by Gasteiger charge is -2.37. The van der Waals surface area contributed by atoms with Gasteiger partial charge < -0.3 is 18.6 Å². The van der Waals surface area contributed by atoms with Crippen molar-refractivity contribution in [2.75, 3.05) is 19.8 Å². The summed E-state index contributed by atoms with van der Waals surface area (Å²) < 4.78 is 23.7. The number of unbranched alkanes of at least 4 members (excludes halogenated alkanes) is 1. The Morgan fingerprint density at radius 1 is 1.14 bits per heavy atom. The van der Waals surface area contributed by atoms with Crippen LogP contribution in [0.4, 0.5) is 0 Å². The molecule has 2 fully saturated rings. The number of carbonyl (C=O) groups excluding carboxylic acids is 2. The van der Waals surface area contributed by atoms with Crippen LogP contribution in [0.25, 0.3) is 0 Å². The van der Waals surface area contributed by atoms with E-state index in [9.17, 15) is 9.59 Å². The van der Waals surface area contributed by atoms with E-state index in [0.29, 0.717) is 18.8 Å². The van der Waals surface area contributed by atoms with Crippen molar-refractivity contribution in [2.45, 2.75) is 134 Å². The number of hydrogen-bond acceptors (Lipinski definition) is 6. The minimum absolute atomic E-state index is 0.0429. The number of rotatable bonds is 19. The zero-order valence-electron chi connectivity index (χ0n) is 27.8. The number of ether oxygens (including phenoxy) is 3. The van der Waals surface area contributed by atoms with Gasteiger partial charge in [-0.15, -0.1) is 11.6 Å². The number of hydrogen-bond donors (Lipinski definition) is 0. The van der Waals surface area contributed by atoms with Crippen molar-refractivity contribution in [2.24, 2.45) is 17.8 Å². The molecule has 1 heterocycles. The van der Waals surface area contributed by atoms with Gasteiger partial charge in [-0.1, -0.05) is 58.6 Å². The van der Waals surface area contributed by atoms with Gasteiger partial charge in [0.1, 0.15) is 6.61 Å². The first-order valence-corrected chi connectivity index (χ1v) is 19.9. The van der Waals surface area contributed by atoms with Gasteiger partial charge in [0.15, 0.2) is 20.4 Å². The summed E-state index contributed by atoms with van der Waals surface area (Å²) >= 11 is 6.89. The molecule has 1 saturated heterocycles. The maximum absolute atomic E-state index is 12.9. The molecule has 2 rings (SSSR count). The topological polar surface area (TPSA) is 71.1 Å². The normalized spacial score (nSPS) is 25.8. The predicted molar refractivity (Wildman–Crippen MR) is 179 cm³/mol. The molecule has 0 aromatic heterocycles. The molecule has 6 atom stereocenters. The number of alkyl halides is 1. The molecule has 43 heavy (non-hydrogen) atoms. The van der Waals surface area contributed by atoms with Gasteiger partial charge in [0.2, 0.25) is 0 Å². The van der Waals surface area contributed by atoms with Crippen LogP contribution in [-0.4, -0.2) is 57.7 Å². The van der Waals surface area contributed by atoms with Crippen molar-refractivity contribution in [3.63, 3.8) is 0 Å². The van der Waals surface area contributed by atoms with Crippen LogP contribution < -0.4 is 0 Å². The molecule has 1 saturated carbocycles. The quantitative estimate of drug-likeness (QED) is 0.0351. The van der Waals surface area contributed by atoms with Crippen LogP contribution in [0.1, 0.15) is 98.3 Å². The van der Waals surface area contributed by atoms with Crippen LogP contribution >= 0.6 is 11.6 Å². The third-order valence-electron chi connectivity index (χ3n) is 9.16. The Morgan fingerprint density at radius 2 is 1.91 bits per heavy atom. The summed E-state index contributed by atoms with van der Waals surface area (Å²) in [5, 5.41) is 0.161. The van der Waals surface area contributed by atoms with Gasteiger partial charge in [-0.3, -0.25) is 9.59 Å². The molecule has 0 bridgehead atoms. The second-order valence-corrected chi connectivity index (χ2v) is 19.3. The summed E-state index contributed by atoms with van der Waals surface area (Å²) in [6, 6.07) is 0. The Balaban J connectivity index is 1.90. The van der Waals surface area contributed by atoms with Gasteiger partial charge in [-0.25, -0.2) is 0 Å². The predicted octanol–water partition coefficient (Wildman–Crippen LogP) is 8.94. The summed E-state index contributed by atoms with van der Waals surface area (Å²) in [4.78, 5) is 24.6. The highest BCUT2D eigenvalue weighted by Crippen LogP contribution is 2.42. The van der Waals surface area contributed by atoms with Gasteiger partial charge in [0.05, 0.1) is 6.10 Å². The van der Waals surface area contributed by atoms with E-state index >= 15 is 0 Å². The highest BCUT2D eigenvalue weighted by molar-refractivity contribution is 6.74. The third kappa shape index (κ3) is 14.2. The Hall–Kier alpha value is -1.25. The van der Waals surface area contributed by atoms with Crippen LogP contribution in [0.2, 0.25) is 18.1 Å². The Labute approximate surface area is 268 Å². The standard InChI is InChI=1S/C35H59ClO6Si/c1-8-23-39-33(38)19-12-10-9-11-18-29-30(32(25-31(29)36)42-34-20-13-14-24-40-34)22-21-28(37)17-15-16-27(2)26-41-43(6,7)35(3,4)5/h8-9,11,21-22,27,29-32,34H,1,10,12-20,23-26H2,2-7H3/b11-9-,22-21+/t27-,29-,30-,31-,32-,34?/m1/s1. The van der Waals surface area contributed by atoms with Crippen molar-refractivity contribution >= 4 is 31.7 Å². The van der Waals surface area contributed by atoms with Gasteiger partial charge in [0, 0.05) is 37.4 Å². The first-order chi connectivity index (χ1) is 20.3. The highest BCUT2D eigenvalue weighted by atomic mass is 35.5. The van der Waals surface area contributed by atoms with Crippen molar-refractivity contribution in [3.8, 4) is 0 Å². The smallest absolute Gasteiger partial charge is 0.306 e. The van der Waals surface area contributed by atoms with E-state index in [-0.39, 0.29) is 53.0 Å². The van der Waals surface area contributed by atoms with E-state index in [1.54, 1.807) is 12.2 Å². The molecule has 8 heteroatoms. The maximum atomic E-state index is 12.9. The Kier molecular flexibility index (Phi) is 17.0. The minimum Gasteiger partial charge on any atom is -0.461 e. The number of ketones is 1. The molecular formula is C35H59ClO6Si. The second-order valence-electron chi connectivity index (χ2n) is 13.9. The average Bonchev–Trinajstić information content (AvgIpc) is 3.24. The highest BCUT2D eigenvalue weighted by Gasteiger charge is 2.42. The van der Waals surface area contributed by atoms with Crippen LogP contribution in [0.5, 0.6) is 0 Å². The molecule has 2 aliphatic rings. The van der Waals surface area contributed by atoms with E-state index in [0.717, 1.165) is 71.0 Å². The van der Waals surface area contributed by atoms with E-state index in [1.165, 1.54) is 0 Å². The zero-order chi connectivity index (χ0) is 31.9. The third-order valence-corrected chi connectivity index (χ3v) is 14.2.